The Morgan fingerprint density at radius 1 is 1.06 bits per heavy atom. The largest absolute Gasteiger partial charge is 0.272 e. The first kappa shape index (κ1) is 12.3. The van der Waals surface area contributed by atoms with Crippen LogP contribution in [0.1, 0.15) is 15.9 Å². The van der Waals surface area contributed by atoms with Crippen LogP contribution in [0.3, 0.4) is 0 Å². The molecule has 0 aromatic heterocycles. The number of hydrogen-bond donors (Lipinski definition) is 1. The molecule has 3 nitrogen and oxygen atoms in total. The number of nitrogens with two attached hydrogens (primary N) is 1. The Kier molecular flexibility index (Phi) is 3.39. The number of hydrogen-bond acceptors (Lipinski definition) is 2. The standard InChI is InChI=1S/C14H13FN2O/c1-10-2-4-11(5-3-10)14(18)17(16)13-8-6-12(15)7-9-13/h2-9H,16H2,1H3. The summed E-state index contributed by atoms with van der Waals surface area (Å²) in [5, 5.41) is 1.00. The summed E-state index contributed by atoms with van der Waals surface area (Å²) in [7, 11) is 0. The van der Waals surface area contributed by atoms with Crippen LogP contribution in [0.15, 0.2) is 48.5 Å². The normalized spacial score (nSPS) is 10.2. The highest BCUT2D eigenvalue weighted by Gasteiger charge is 2.13. The third kappa shape index (κ3) is 2.55. The molecule has 2 rings (SSSR count). The molecule has 2 N–H and O–H groups in total. The fraction of sp³-hybridized carbons (Fsp3) is 0.0714. The number of carbonyl (C=O) groups is 1. The van der Waals surface area contributed by atoms with Gasteiger partial charge in [-0.25, -0.2) is 15.2 Å². The molecule has 92 valence electrons. The zero-order valence-electron chi connectivity index (χ0n) is 9.93. The van der Waals surface area contributed by atoms with Crippen LogP contribution in [0.25, 0.3) is 0 Å². The van der Waals surface area contributed by atoms with E-state index in [-0.39, 0.29) is 11.7 Å². The lowest BCUT2D eigenvalue weighted by atomic mass is 10.1. The molecule has 2 aromatic rings. The van der Waals surface area contributed by atoms with Crippen molar-refractivity contribution in [3.63, 3.8) is 0 Å². The van der Waals surface area contributed by atoms with Gasteiger partial charge in [-0.15, -0.1) is 0 Å². The molecule has 0 atom stereocenters. The van der Waals surface area contributed by atoms with E-state index in [0.717, 1.165) is 10.6 Å². The number of nitrogens with zero attached hydrogens (tertiary/aromatic N) is 1. The minimum atomic E-state index is -0.366. The van der Waals surface area contributed by atoms with E-state index in [1.165, 1.54) is 24.3 Å². The molecular weight excluding hydrogens is 231 g/mol. The van der Waals surface area contributed by atoms with Gasteiger partial charge in [0.1, 0.15) is 5.82 Å². The minimum Gasteiger partial charge on any atom is -0.267 e. The number of aryl methyl sites for hydroxylation is 1. The average molecular weight is 244 g/mol. The van der Waals surface area contributed by atoms with E-state index < -0.39 is 0 Å². The summed E-state index contributed by atoms with van der Waals surface area (Å²) < 4.78 is 12.8. The first-order chi connectivity index (χ1) is 8.58. The lowest BCUT2D eigenvalue weighted by molar-refractivity contribution is 0.0987. The molecule has 0 saturated heterocycles. The highest BCUT2D eigenvalue weighted by Crippen LogP contribution is 2.15. The van der Waals surface area contributed by atoms with Crippen molar-refractivity contribution in [2.45, 2.75) is 6.92 Å². The number of amides is 1. The molecule has 0 spiro atoms. The molecule has 0 aliphatic rings. The van der Waals surface area contributed by atoms with Gasteiger partial charge in [0.2, 0.25) is 0 Å². The molecule has 18 heavy (non-hydrogen) atoms. The van der Waals surface area contributed by atoms with Gasteiger partial charge in [0.05, 0.1) is 5.69 Å². The predicted octanol–water partition coefficient (Wildman–Crippen LogP) is 2.65. The molecule has 0 saturated carbocycles. The fourth-order valence-electron chi connectivity index (χ4n) is 1.55. The van der Waals surface area contributed by atoms with Crippen LogP contribution < -0.4 is 10.9 Å². The van der Waals surface area contributed by atoms with Crippen LogP contribution in [0.5, 0.6) is 0 Å². The van der Waals surface area contributed by atoms with E-state index in [1.54, 1.807) is 12.1 Å². The molecule has 0 bridgehead atoms. The van der Waals surface area contributed by atoms with Crippen molar-refractivity contribution < 1.29 is 9.18 Å². The lowest BCUT2D eigenvalue weighted by Gasteiger charge is -2.16. The summed E-state index contributed by atoms with van der Waals surface area (Å²) in [5.74, 6) is 5.02. The summed E-state index contributed by atoms with van der Waals surface area (Å²) in [6.45, 7) is 1.94. The third-order valence-corrected chi connectivity index (χ3v) is 2.62. The molecular formula is C14H13FN2O. The minimum absolute atomic E-state index is 0.332. The number of anilines is 1. The molecule has 0 heterocycles. The second-order valence-electron chi connectivity index (χ2n) is 4.02. The van der Waals surface area contributed by atoms with Crippen LogP contribution in [0.2, 0.25) is 0 Å². The average Bonchev–Trinajstić information content (AvgIpc) is 2.39. The maximum absolute atomic E-state index is 12.8. The second kappa shape index (κ2) is 4.98. The molecule has 0 unspecified atom stereocenters. The van der Waals surface area contributed by atoms with Crippen LogP contribution >= 0.6 is 0 Å². The smallest absolute Gasteiger partial charge is 0.267 e. The number of carbonyl (C=O) groups excluding carboxylic acids is 1. The Morgan fingerprint density at radius 2 is 1.61 bits per heavy atom. The maximum Gasteiger partial charge on any atom is 0.272 e. The molecule has 4 heteroatoms. The van der Waals surface area contributed by atoms with Crippen molar-refractivity contribution in [3.05, 3.63) is 65.5 Å². The third-order valence-electron chi connectivity index (χ3n) is 2.62. The number of rotatable bonds is 2. The van der Waals surface area contributed by atoms with Gasteiger partial charge >= 0.3 is 0 Å². The Morgan fingerprint density at radius 3 is 2.17 bits per heavy atom. The van der Waals surface area contributed by atoms with E-state index in [4.69, 9.17) is 5.84 Å². The highest BCUT2D eigenvalue weighted by molar-refractivity contribution is 6.05. The van der Waals surface area contributed by atoms with Gasteiger partial charge in [-0.2, -0.15) is 0 Å². The van der Waals surface area contributed by atoms with Gasteiger partial charge in [0.25, 0.3) is 5.91 Å². The molecule has 0 aliphatic heterocycles. The van der Waals surface area contributed by atoms with Crippen LogP contribution in [-0.4, -0.2) is 5.91 Å². The van der Waals surface area contributed by atoms with Gasteiger partial charge in [0.15, 0.2) is 0 Å². The van der Waals surface area contributed by atoms with Crippen LogP contribution in [0.4, 0.5) is 10.1 Å². The topological polar surface area (TPSA) is 46.3 Å². The van der Waals surface area contributed by atoms with E-state index in [2.05, 4.69) is 0 Å². The van der Waals surface area contributed by atoms with Crippen molar-refractivity contribution in [1.82, 2.24) is 0 Å². The SMILES string of the molecule is Cc1ccc(C(=O)N(N)c2ccc(F)cc2)cc1. The molecule has 1 amide bonds. The number of halogens is 1. The second-order valence-corrected chi connectivity index (χ2v) is 4.02. The Balaban J connectivity index is 2.23. The Hall–Kier alpha value is -2.20. The molecule has 0 fully saturated rings. The number of hydrazine groups is 1. The summed E-state index contributed by atoms with van der Waals surface area (Å²) in [6.07, 6.45) is 0. The lowest BCUT2D eigenvalue weighted by Crippen LogP contribution is -2.37. The van der Waals surface area contributed by atoms with Crippen LogP contribution in [-0.2, 0) is 0 Å². The van der Waals surface area contributed by atoms with Gasteiger partial charge in [0, 0.05) is 5.56 Å². The summed E-state index contributed by atoms with van der Waals surface area (Å²) in [4.78, 5) is 12.0. The molecule has 2 aromatic carbocycles. The number of benzene rings is 2. The van der Waals surface area contributed by atoms with Gasteiger partial charge < -0.3 is 0 Å². The monoisotopic (exact) mass is 244 g/mol. The quantitative estimate of drug-likeness (QED) is 0.501. The summed E-state index contributed by atoms with van der Waals surface area (Å²) >= 11 is 0. The fourth-order valence-corrected chi connectivity index (χ4v) is 1.55. The Labute approximate surface area is 105 Å². The van der Waals surface area contributed by atoms with Gasteiger partial charge in [-0.3, -0.25) is 4.79 Å². The van der Waals surface area contributed by atoms with E-state index in [9.17, 15) is 9.18 Å². The van der Waals surface area contributed by atoms with E-state index in [0.29, 0.717) is 11.3 Å². The van der Waals surface area contributed by atoms with Crippen molar-refractivity contribution in [3.8, 4) is 0 Å². The zero-order valence-corrected chi connectivity index (χ0v) is 9.93. The van der Waals surface area contributed by atoms with Crippen molar-refractivity contribution in [2.24, 2.45) is 5.84 Å². The van der Waals surface area contributed by atoms with Crippen molar-refractivity contribution in [1.29, 1.82) is 0 Å². The van der Waals surface area contributed by atoms with Crippen molar-refractivity contribution >= 4 is 11.6 Å². The first-order valence-corrected chi connectivity index (χ1v) is 5.49. The predicted molar refractivity (Wildman–Crippen MR) is 68.6 cm³/mol. The van der Waals surface area contributed by atoms with Crippen LogP contribution in [0, 0.1) is 12.7 Å². The van der Waals surface area contributed by atoms with E-state index >= 15 is 0 Å². The summed E-state index contributed by atoms with van der Waals surface area (Å²) in [6, 6.07) is 12.5. The molecule has 0 aliphatic carbocycles. The summed E-state index contributed by atoms with van der Waals surface area (Å²) in [5.41, 5.74) is 2.01. The zero-order chi connectivity index (χ0) is 13.1. The van der Waals surface area contributed by atoms with Gasteiger partial charge in [-0.05, 0) is 43.3 Å². The Bertz CT molecular complexity index is 549. The van der Waals surface area contributed by atoms with Crippen molar-refractivity contribution in [2.75, 3.05) is 5.01 Å². The van der Waals surface area contributed by atoms with E-state index in [1.807, 2.05) is 19.1 Å². The first-order valence-electron chi connectivity index (χ1n) is 5.49. The molecule has 0 radical (unpaired) electrons. The highest BCUT2D eigenvalue weighted by atomic mass is 19.1. The van der Waals surface area contributed by atoms with Gasteiger partial charge in [-0.1, -0.05) is 17.7 Å². The maximum atomic E-state index is 12.8.